The zero-order chi connectivity index (χ0) is 25.1. The van der Waals surface area contributed by atoms with Gasteiger partial charge in [0.15, 0.2) is 0 Å². The van der Waals surface area contributed by atoms with Gasteiger partial charge < -0.3 is 15.0 Å². The van der Waals surface area contributed by atoms with Crippen LogP contribution in [-0.2, 0) is 14.8 Å². The van der Waals surface area contributed by atoms with Gasteiger partial charge in [-0.3, -0.25) is 9.59 Å². The van der Waals surface area contributed by atoms with Crippen molar-refractivity contribution in [1.82, 2.24) is 9.21 Å². The second kappa shape index (κ2) is 10.0. The number of anilines is 1. The van der Waals surface area contributed by atoms with Crippen molar-refractivity contribution in [2.45, 2.75) is 24.1 Å². The number of rotatable bonds is 6. The van der Waals surface area contributed by atoms with Crippen molar-refractivity contribution in [1.29, 1.82) is 0 Å². The van der Waals surface area contributed by atoms with Gasteiger partial charge in [0.05, 0.1) is 4.90 Å². The molecule has 3 rings (SSSR count). The molecule has 2 amide bonds. The van der Waals surface area contributed by atoms with E-state index in [4.69, 9.17) is 0 Å². The van der Waals surface area contributed by atoms with E-state index in [2.05, 4.69) is 10.1 Å². The minimum absolute atomic E-state index is 0.0427. The van der Waals surface area contributed by atoms with Crippen molar-refractivity contribution in [2.75, 3.05) is 32.5 Å². The molecule has 2 aromatic rings. The van der Waals surface area contributed by atoms with Gasteiger partial charge in [0.2, 0.25) is 15.9 Å². The number of alkyl halides is 3. The fourth-order valence-electron chi connectivity index (χ4n) is 3.54. The Labute approximate surface area is 195 Å². The zero-order valence-corrected chi connectivity index (χ0v) is 19.3. The predicted octanol–water partition coefficient (Wildman–Crippen LogP) is 3.33. The normalized spacial score (nSPS) is 15.6. The van der Waals surface area contributed by atoms with Crippen LogP contribution < -0.4 is 10.1 Å². The van der Waals surface area contributed by atoms with Gasteiger partial charge in [0.25, 0.3) is 5.91 Å². The Morgan fingerprint density at radius 2 is 1.68 bits per heavy atom. The van der Waals surface area contributed by atoms with Gasteiger partial charge in [0.1, 0.15) is 5.75 Å². The highest BCUT2D eigenvalue weighted by atomic mass is 32.2. The maximum absolute atomic E-state index is 12.9. The third-order valence-electron chi connectivity index (χ3n) is 5.31. The molecule has 0 aliphatic carbocycles. The molecular weight excluding hydrogens is 475 g/mol. The van der Waals surface area contributed by atoms with Gasteiger partial charge in [0, 0.05) is 50.4 Å². The molecule has 0 atom stereocenters. The average Bonchev–Trinajstić information content (AvgIpc) is 2.78. The van der Waals surface area contributed by atoms with Crippen molar-refractivity contribution in [3.05, 3.63) is 54.1 Å². The minimum Gasteiger partial charge on any atom is -0.406 e. The van der Waals surface area contributed by atoms with Gasteiger partial charge in [-0.25, -0.2) is 8.42 Å². The smallest absolute Gasteiger partial charge is 0.406 e. The minimum atomic E-state index is -4.93. The molecule has 1 fully saturated rings. The van der Waals surface area contributed by atoms with E-state index in [1.165, 1.54) is 17.0 Å². The van der Waals surface area contributed by atoms with Crippen molar-refractivity contribution >= 4 is 27.5 Å². The number of benzene rings is 2. The maximum Gasteiger partial charge on any atom is 0.573 e. The molecule has 1 heterocycles. The SMILES string of the molecule is CN(C)C(=O)c1ccc(NC(=O)C2CCN(S(=O)(=O)c3cccc(OC(F)(F)F)c3)CC2)cc1. The summed E-state index contributed by atoms with van der Waals surface area (Å²) in [4.78, 5) is 25.7. The van der Waals surface area contributed by atoms with Crippen molar-refractivity contribution in [3.8, 4) is 5.75 Å². The monoisotopic (exact) mass is 499 g/mol. The predicted molar refractivity (Wildman–Crippen MR) is 118 cm³/mol. The summed E-state index contributed by atoms with van der Waals surface area (Å²) >= 11 is 0. The number of halogens is 3. The second-order valence-corrected chi connectivity index (χ2v) is 9.91. The number of sulfonamides is 1. The summed E-state index contributed by atoms with van der Waals surface area (Å²) < 4.78 is 68.0. The molecule has 1 N–H and O–H groups in total. The summed E-state index contributed by atoms with van der Waals surface area (Å²) in [5.41, 5.74) is 0.989. The molecule has 1 saturated heterocycles. The number of nitrogens with zero attached hydrogens (tertiary/aromatic N) is 2. The number of hydrogen-bond acceptors (Lipinski definition) is 5. The Morgan fingerprint density at radius 3 is 2.24 bits per heavy atom. The molecule has 0 spiro atoms. The fraction of sp³-hybridized carbons (Fsp3) is 0.364. The van der Waals surface area contributed by atoms with E-state index in [9.17, 15) is 31.2 Å². The van der Waals surface area contributed by atoms with Crippen LogP contribution in [0.25, 0.3) is 0 Å². The molecule has 0 aromatic heterocycles. The van der Waals surface area contributed by atoms with Gasteiger partial charge >= 0.3 is 6.36 Å². The molecule has 2 aromatic carbocycles. The van der Waals surface area contributed by atoms with Crippen LogP contribution >= 0.6 is 0 Å². The maximum atomic E-state index is 12.9. The Morgan fingerprint density at radius 1 is 1.06 bits per heavy atom. The number of ether oxygens (including phenoxy) is 1. The quantitative estimate of drug-likeness (QED) is 0.658. The molecule has 0 bridgehead atoms. The molecule has 1 aliphatic heterocycles. The average molecular weight is 500 g/mol. The van der Waals surface area contributed by atoms with Crippen LogP contribution in [0.4, 0.5) is 18.9 Å². The Bertz CT molecular complexity index is 1140. The van der Waals surface area contributed by atoms with Crippen LogP contribution in [0.1, 0.15) is 23.2 Å². The van der Waals surface area contributed by atoms with Crippen molar-refractivity contribution in [3.63, 3.8) is 0 Å². The van der Waals surface area contributed by atoms with Gasteiger partial charge in [-0.1, -0.05) is 6.07 Å². The lowest BCUT2D eigenvalue weighted by Crippen LogP contribution is -2.41. The molecule has 0 saturated carbocycles. The molecule has 12 heteroatoms. The lowest BCUT2D eigenvalue weighted by Gasteiger charge is -2.30. The van der Waals surface area contributed by atoms with Crippen molar-refractivity contribution in [2.24, 2.45) is 5.92 Å². The summed E-state index contributed by atoms with van der Waals surface area (Å²) in [6.45, 7) is 0.0854. The highest BCUT2D eigenvalue weighted by Crippen LogP contribution is 2.29. The lowest BCUT2D eigenvalue weighted by molar-refractivity contribution is -0.274. The van der Waals surface area contributed by atoms with E-state index in [1.54, 1.807) is 38.4 Å². The van der Waals surface area contributed by atoms with Crippen LogP contribution in [0, 0.1) is 5.92 Å². The summed E-state index contributed by atoms with van der Waals surface area (Å²) in [5.74, 6) is -1.50. The second-order valence-electron chi connectivity index (χ2n) is 7.97. The third kappa shape index (κ3) is 6.26. The first-order valence-corrected chi connectivity index (χ1v) is 11.8. The van der Waals surface area contributed by atoms with Crippen LogP contribution in [0.5, 0.6) is 5.75 Å². The van der Waals surface area contributed by atoms with E-state index in [0.29, 0.717) is 11.3 Å². The van der Waals surface area contributed by atoms with Crippen LogP contribution in [-0.4, -0.2) is 63.0 Å². The third-order valence-corrected chi connectivity index (χ3v) is 7.20. The highest BCUT2D eigenvalue weighted by Gasteiger charge is 2.34. The van der Waals surface area contributed by atoms with Gasteiger partial charge in [-0.15, -0.1) is 13.2 Å². The van der Waals surface area contributed by atoms with E-state index >= 15 is 0 Å². The molecular formula is C22H24F3N3O5S. The summed E-state index contributed by atoms with van der Waals surface area (Å²) in [6.07, 6.45) is -4.43. The summed E-state index contributed by atoms with van der Waals surface area (Å²) in [5, 5.41) is 2.77. The number of nitrogens with one attached hydrogen (secondary N) is 1. The Balaban J connectivity index is 1.60. The highest BCUT2D eigenvalue weighted by molar-refractivity contribution is 7.89. The van der Waals surface area contributed by atoms with Crippen molar-refractivity contribution < 1.29 is 35.9 Å². The van der Waals surface area contributed by atoms with E-state index in [1.807, 2.05) is 0 Å². The first-order valence-electron chi connectivity index (χ1n) is 10.4. The first-order chi connectivity index (χ1) is 15.9. The molecule has 1 aliphatic rings. The molecule has 184 valence electrons. The number of hydrogen-bond donors (Lipinski definition) is 1. The van der Waals surface area contributed by atoms with E-state index in [-0.39, 0.29) is 42.6 Å². The number of carbonyl (C=O) groups excluding carboxylic acids is 2. The standard InChI is InChI=1S/C22H24F3N3O5S/c1-27(2)21(30)16-6-8-17(9-7-16)26-20(29)15-10-12-28(13-11-15)34(31,32)19-5-3-4-18(14-19)33-22(23,24)25/h3-9,14-15H,10-13H2,1-2H3,(H,26,29). The van der Waals surface area contributed by atoms with Gasteiger partial charge in [-0.05, 0) is 49.2 Å². The Hall–Kier alpha value is -3.12. The zero-order valence-electron chi connectivity index (χ0n) is 18.5. The largest absolute Gasteiger partial charge is 0.573 e. The van der Waals surface area contributed by atoms with E-state index in [0.717, 1.165) is 16.4 Å². The molecule has 0 radical (unpaired) electrons. The van der Waals surface area contributed by atoms with Crippen LogP contribution in [0.2, 0.25) is 0 Å². The number of piperidine rings is 1. The number of carbonyl (C=O) groups is 2. The Kier molecular flexibility index (Phi) is 7.51. The summed E-state index contributed by atoms with van der Waals surface area (Å²) in [6, 6.07) is 10.6. The van der Waals surface area contributed by atoms with Gasteiger partial charge in [-0.2, -0.15) is 4.31 Å². The van der Waals surface area contributed by atoms with Crippen LogP contribution in [0.3, 0.4) is 0 Å². The van der Waals surface area contributed by atoms with E-state index < -0.39 is 28.1 Å². The molecule has 8 nitrogen and oxygen atoms in total. The number of amides is 2. The fourth-order valence-corrected chi connectivity index (χ4v) is 5.04. The topological polar surface area (TPSA) is 96.0 Å². The molecule has 34 heavy (non-hydrogen) atoms. The first kappa shape index (κ1) is 25.5. The summed E-state index contributed by atoms with van der Waals surface area (Å²) in [7, 11) is -0.777. The van der Waals surface area contributed by atoms with Crippen LogP contribution in [0.15, 0.2) is 53.4 Å². The lowest BCUT2D eigenvalue weighted by atomic mass is 9.97. The molecule has 0 unspecified atom stereocenters.